The molecule has 1 N–H and O–H groups in total. The van der Waals surface area contributed by atoms with E-state index in [4.69, 9.17) is 12.2 Å². The zero-order valence-electron chi connectivity index (χ0n) is 7.92. The molecule has 0 aliphatic carbocycles. The molecule has 0 saturated heterocycles. The summed E-state index contributed by atoms with van der Waals surface area (Å²) in [6.45, 7) is 0. The number of anilines is 1. The summed E-state index contributed by atoms with van der Waals surface area (Å²) in [6, 6.07) is 9.38. The van der Waals surface area contributed by atoms with E-state index in [-0.39, 0.29) is 0 Å². The molecule has 4 heteroatoms. The maximum absolute atomic E-state index is 5.20. The molecule has 0 unspecified atom stereocenters. The monoisotopic (exact) mass is 215 g/mol. The average molecular weight is 215 g/mol. The van der Waals surface area contributed by atoms with Crippen LogP contribution in [0.3, 0.4) is 0 Å². The highest BCUT2D eigenvalue weighted by Crippen LogP contribution is 2.05. The van der Waals surface area contributed by atoms with Crippen molar-refractivity contribution in [3.05, 3.63) is 54.6 Å². The second-order valence-corrected chi connectivity index (χ2v) is 3.32. The Labute approximate surface area is 93.2 Å². The quantitative estimate of drug-likeness (QED) is 0.780. The van der Waals surface area contributed by atoms with Gasteiger partial charge in [0.05, 0.1) is 17.6 Å². The van der Waals surface area contributed by atoms with Gasteiger partial charge in [-0.15, -0.1) is 0 Å². The lowest BCUT2D eigenvalue weighted by atomic mass is 10.3. The number of hydrogen-bond acceptors (Lipinski definition) is 3. The summed E-state index contributed by atoms with van der Waals surface area (Å²) in [5, 5.41) is 3.06. The largest absolute Gasteiger partial charge is 0.344 e. The van der Waals surface area contributed by atoms with Crippen LogP contribution < -0.4 is 5.32 Å². The Morgan fingerprint density at radius 3 is 2.73 bits per heavy atom. The van der Waals surface area contributed by atoms with Crippen LogP contribution in [0.4, 0.5) is 5.69 Å². The maximum atomic E-state index is 5.20. The third kappa shape index (κ3) is 2.57. The molecular weight excluding hydrogens is 206 g/mol. The van der Waals surface area contributed by atoms with Gasteiger partial charge in [-0.1, -0.05) is 18.3 Å². The van der Waals surface area contributed by atoms with Crippen LogP contribution in [0.2, 0.25) is 0 Å². The molecule has 0 aliphatic rings. The molecule has 0 saturated carbocycles. The van der Waals surface area contributed by atoms with Gasteiger partial charge in [-0.3, -0.25) is 9.97 Å². The minimum absolute atomic E-state index is 0.601. The molecule has 2 aromatic heterocycles. The fourth-order valence-corrected chi connectivity index (χ4v) is 1.37. The van der Waals surface area contributed by atoms with Gasteiger partial charge in [0.15, 0.2) is 0 Å². The normalized spacial score (nSPS) is 9.60. The summed E-state index contributed by atoms with van der Waals surface area (Å²) in [6.07, 6.45) is 5.15. The second-order valence-electron chi connectivity index (χ2n) is 2.91. The fourth-order valence-electron chi connectivity index (χ4n) is 1.13. The molecule has 2 aromatic rings. The standard InChI is InChI=1S/C11H9N3S/c15-11(10-5-1-2-7-13-10)14-9-4-3-6-12-8-9/h1-8H,(H,14,15). The van der Waals surface area contributed by atoms with Gasteiger partial charge in [-0.2, -0.15) is 0 Å². The van der Waals surface area contributed by atoms with Crippen molar-refractivity contribution in [2.24, 2.45) is 0 Å². The van der Waals surface area contributed by atoms with E-state index in [1.54, 1.807) is 18.6 Å². The lowest BCUT2D eigenvalue weighted by Gasteiger charge is -2.05. The smallest absolute Gasteiger partial charge is 0.129 e. The van der Waals surface area contributed by atoms with Gasteiger partial charge in [0.2, 0.25) is 0 Å². The maximum Gasteiger partial charge on any atom is 0.129 e. The van der Waals surface area contributed by atoms with Crippen LogP contribution in [-0.2, 0) is 0 Å². The zero-order chi connectivity index (χ0) is 10.5. The summed E-state index contributed by atoms with van der Waals surface area (Å²) in [5.41, 5.74) is 1.63. The third-order valence-electron chi connectivity index (χ3n) is 1.82. The van der Waals surface area contributed by atoms with Crippen LogP contribution in [-0.4, -0.2) is 15.0 Å². The van der Waals surface area contributed by atoms with Gasteiger partial charge in [-0.25, -0.2) is 0 Å². The first-order valence-corrected chi connectivity index (χ1v) is 4.89. The lowest BCUT2D eigenvalue weighted by Crippen LogP contribution is -2.11. The molecule has 0 bridgehead atoms. The van der Waals surface area contributed by atoms with Crippen LogP contribution in [0.25, 0.3) is 0 Å². The van der Waals surface area contributed by atoms with Gasteiger partial charge in [-0.05, 0) is 24.3 Å². The van der Waals surface area contributed by atoms with E-state index < -0.39 is 0 Å². The van der Waals surface area contributed by atoms with Crippen molar-refractivity contribution in [3.8, 4) is 0 Å². The summed E-state index contributed by atoms with van der Waals surface area (Å²) >= 11 is 5.20. The topological polar surface area (TPSA) is 37.8 Å². The number of hydrogen-bond donors (Lipinski definition) is 1. The van der Waals surface area contributed by atoms with Crippen LogP contribution >= 0.6 is 12.2 Å². The van der Waals surface area contributed by atoms with Crippen LogP contribution in [0.15, 0.2) is 48.9 Å². The minimum atomic E-state index is 0.601. The molecule has 3 nitrogen and oxygen atoms in total. The number of nitrogens with one attached hydrogen (secondary N) is 1. The van der Waals surface area contributed by atoms with E-state index >= 15 is 0 Å². The third-order valence-corrected chi connectivity index (χ3v) is 2.13. The van der Waals surface area contributed by atoms with Crippen molar-refractivity contribution < 1.29 is 0 Å². The molecule has 0 aliphatic heterocycles. The Morgan fingerprint density at radius 1 is 1.13 bits per heavy atom. The van der Waals surface area contributed by atoms with Crippen LogP contribution in [0.5, 0.6) is 0 Å². The van der Waals surface area contributed by atoms with E-state index in [1.807, 2.05) is 30.3 Å². The van der Waals surface area contributed by atoms with Crippen molar-refractivity contribution >= 4 is 22.9 Å². The van der Waals surface area contributed by atoms with E-state index in [0.717, 1.165) is 11.4 Å². The Bertz CT molecular complexity index is 442. The number of thiocarbonyl (C=S) groups is 1. The van der Waals surface area contributed by atoms with Gasteiger partial charge in [0, 0.05) is 12.4 Å². The van der Waals surface area contributed by atoms with Crippen molar-refractivity contribution in [2.75, 3.05) is 5.32 Å². The SMILES string of the molecule is S=C(Nc1cccnc1)c1ccccn1. The summed E-state index contributed by atoms with van der Waals surface area (Å²) < 4.78 is 0. The molecular formula is C11H9N3S. The van der Waals surface area contributed by atoms with Crippen molar-refractivity contribution in [3.63, 3.8) is 0 Å². The average Bonchev–Trinajstić information content (AvgIpc) is 2.31. The molecule has 0 spiro atoms. The van der Waals surface area contributed by atoms with Gasteiger partial charge in [0.1, 0.15) is 4.99 Å². The zero-order valence-corrected chi connectivity index (χ0v) is 8.74. The Kier molecular flexibility index (Phi) is 2.99. The first-order valence-electron chi connectivity index (χ1n) is 4.49. The van der Waals surface area contributed by atoms with Crippen molar-refractivity contribution in [1.29, 1.82) is 0 Å². The minimum Gasteiger partial charge on any atom is -0.344 e. The molecule has 0 fully saturated rings. The molecule has 74 valence electrons. The highest BCUT2D eigenvalue weighted by molar-refractivity contribution is 7.81. The second kappa shape index (κ2) is 4.61. The molecule has 0 aromatic carbocycles. The van der Waals surface area contributed by atoms with E-state index in [2.05, 4.69) is 15.3 Å². The fraction of sp³-hybridized carbons (Fsp3) is 0. The molecule has 0 radical (unpaired) electrons. The number of rotatable bonds is 2. The first kappa shape index (κ1) is 9.73. The van der Waals surface area contributed by atoms with E-state index in [1.165, 1.54) is 0 Å². The molecule has 2 rings (SSSR count). The Morgan fingerprint density at radius 2 is 2.07 bits per heavy atom. The van der Waals surface area contributed by atoms with E-state index in [0.29, 0.717) is 4.99 Å². The number of pyridine rings is 2. The molecule has 0 amide bonds. The van der Waals surface area contributed by atoms with E-state index in [9.17, 15) is 0 Å². The molecule has 2 heterocycles. The van der Waals surface area contributed by atoms with Crippen molar-refractivity contribution in [2.45, 2.75) is 0 Å². The molecule has 15 heavy (non-hydrogen) atoms. The summed E-state index contributed by atoms with van der Waals surface area (Å²) in [7, 11) is 0. The van der Waals surface area contributed by atoms with Gasteiger partial charge < -0.3 is 5.32 Å². The number of nitrogens with zero attached hydrogens (tertiary/aromatic N) is 2. The lowest BCUT2D eigenvalue weighted by molar-refractivity contribution is 1.29. The van der Waals surface area contributed by atoms with Crippen LogP contribution in [0, 0.1) is 0 Å². The number of aromatic nitrogens is 2. The van der Waals surface area contributed by atoms with Crippen LogP contribution in [0.1, 0.15) is 5.69 Å². The van der Waals surface area contributed by atoms with Gasteiger partial charge in [0.25, 0.3) is 0 Å². The summed E-state index contributed by atoms with van der Waals surface area (Å²) in [5.74, 6) is 0. The highest BCUT2D eigenvalue weighted by atomic mass is 32.1. The Hall–Kier alpha value is -1.81. The first-order chi connectivity index (χ1) is 7.36. The predicted molar refractivity (Wildman–Crippen MR) is 63.8 cm³/mol. The predicted octanol–water partition coefficient (Wildman–Crippen LogP) is 2.26. The van der Waals surface area contributed by atoms with Gasteiger partial charge >= 0.3 is 0 Å². The highest BCUT2D eigenvalue weighted by Gasteiger charge is 2.01. The summed E-state index contributed by atoms with van der Waals surface area (Å²) in [4.78, 5) is 8.74. The Balaban J connectivity index is 2.12. The molecule has 0 atom stereocenters. The van der Waals surface area contributed by atoms with Crippen molar-refractivity contribution in [1.82, 2.24) is 9.97 Å².